The molecule has 1 aromatic carbocycles. The van der Waals surface area contributed by atoms with Crippen LogP contribution in [0.1, 0.15) is 44.3 Å². The lowest BCUT2D eigenvalue weighted by molar-refractivity contribution is -0.299. The quantitative estimate of drug-likeness (QED) is 0.690. The molecule has 0 radical (unpaired) electrons. The van der Waals surface area contributed by atoms with Crippen LogP contribution in [-0.2, 0) is 9.47 Å². The molecule has 0 aromatic heterocycles. The Bertz CT molecular complexity index is 1010. The molecule has 1 saturated carbocycles. The van der Waals surface area contributed by atoms with Crippen molar-refractivity contribution in [3.63, 3.8) is 0 Å². The third-order valence-corrected chi connectivity index (χ3v) is 7.33. The van der Waals surface area contributed by atoms with Gasteiger partial charge in [0.05, 0.1) is 24.1 Å². The molecule has 29 heavy (non-hydrogen) atoms. The molecule has 2 aliphatic heterocycles. The zero-order chi connectivity index (χ0) is 21.0. The second-order valence-electron chi connectivity index (χ2n) is 7.96. The van der Waals surface area contributed by atoms with Gasteiger partial charge in [-0.1, -0.05) is 29.3 Å². The summed E-state index contributed by atoms with van der Waals surface area (Å²) in [6.07, 6.45) is 1.19. The molecule has 2 heterocycles. The summed E-state index contributed by atoms with van der Waals surface area (Å²) in [6.45, 7) is 2.04. The summed E-state index contributed by atoms with van der Waals surface area (Å²) < 4.78 is 27.5. The molecule has 1 aliphatic carbocycles. The molecule has 2 saturated heterocycles. The number of rotatable bonds is 2. The molecule has 3 aliphatic rings. The van der Waals surface area contributed by atoms with Crippen LogP contribution < -0.4 is 0 Å². The molecular formula is C21H18BrFN4O2. The van der Waals surface area contributed by atoms with Crippen LogP contribution in [0, 0.1) is 67.9 Å². The molecule has 8 heteroatoms. The second-order valence-corrected chi connectivity index (χ2v) is 8.88. The fourth-order valence-corrected chi connectivity index (χ4v) is 5.66. The van der Waals surface area contributed by atoms with E-state index in [1.54, 1.807) is 0 Å². The van der Waals surface area contributed by atoms with Gasteiger partial charge in [-0.15, -0.1) is 0 Å². The van der Waals surface area contributed by atoms with Crippen LogP contribution in [0.25, 0.3) is 0 Å². The van der Waals surface area contributed by atoms with Gasteiger partial charge in [-0.3, -0.25) is 5.41 Å². The van der Waals surface area contributed by atoms with Crippen LogP contribution in [0.4, 0.5) is 4.39 Å². The summed E-state index contributed by atoms with van der Waals surface area (Å²) in [7, 11) is 0. The molecule has 3 fully saturated rings. The molecule has 6 nitrogen and oxygen atoms in total. The topological polar surface area (TPSA) is 114 Å². The summed E-state index contributed by atoms with van der Waals surface area (Å²) in [5.41, 5.74) is -3.96. The van der Waals surface area contributed by atoms with Crippen molar-refractivity contribution < 1.29 is 13.9 Å². The number of halogens is 2. The van der Waals surface area contributed by atoms with E-state index in [1.807, 2.05) is 19.1 Å². The highest BCUT2D eigenvalue weighted by Gasteiger charge is 2.81. The van der Waals surface area contributed by atoms with Crippen LogP contribution in [0.3, 0.4) is 0 Å². The van der Waals surface area contributed by atoms with Crippen molar-refractivity contribution in [2.24, 2.45) is 22.7 Å². The number of hydrogen-bond acceptors (Lipinski definition) is 6. The van der Waals surface area contributed by atoms with Crippen LogP contribution >= 0.6 is 15.9 Å². The Hall–Kier alpha value is -2.47. The first kappa shape index (κ1) is 19.8. The minimum Gasteiger partial charge on any atom is -0.447 e. The highest BCUT2D eigenvalue weighted by atomic mass is 79.9. The number of nitriles is 3. The fraction of sp³-hybridized carbons (Fsp3) is 0.524. The van der Waals surface area contributed by atoms with E-state index in [-0.39, 0.29) is 11.5 Å². The maximum absolute atomic E-state index is 14.8. The maximum atomic E-state index is 14.8. The number of nitrogens with zero attached hydrogens (tertiary/aromatic N) is 3. The van der Waals surface area contributed by atoms with Crippen LogP contribution in [0.15, 0.2) is 22.7 Å². The minimum atomic E-state index is -2.12. The smallest absolute Gasteiger partial charge is 0.217 e. The van der Waals surface area contributed by atoms with E-state index in [0.29, 0.717) is 17.3 Å². The molecule has 2 bridgehead atoms. The van der Waals surface area contributed by atoms with Crippen LogP contribution in [-0.4, -0.2) is 11.7 Å². The second kappa shape index (κ2) is 6.52. The first-order chi connectivity index (χ1) is 13.8. The van der Waals surface area contributed by atoms with Gasteiger partial charge >= 0.3 is 0 Å². The summed E-state index contributed by atoms with van der Waals surface area (Å²) >= 11 is 3.29. The van der Waals surface area contributed by atoms with Gasteiger partial charge in [-0.2, -0.15) is 15.8 Å². The fourth-order valence-electron chi connectivity index (χ4n) is 5.28. The summed E-state index contributed by atoms with van der Waals surface area (Å²) in [5, 5.41) is 39.2. The SMILES string of the molecule is CCC1CCC23OC(=N)C(C#N)(C2C1)C(C#N)(C#N)C(c1cc(Br)ccc1F)O3. The minimum absolute atomic E-state index is 0.00385. The molecule has 4 rings (SSSR count). The Balaban J connectivity index is 2.00. The lowest BCUT2D eigenvalue weighted by Gasteiger charge is -2.52. The van der Waals surface area contributed by atoms with Gasteiger partial charge in [0.15, 0.2) is 5.41 Å². The Morgan fingerprint density at radius 2 is 2.00 bits per heavy atom. The largest absolute Gasteiger partial charge is 0.447 e. The highest BCUT2D eigenvalue weighted by molar-refractivity contribution is 9.10. The van der Waals surface area contributed by atoms with Gasteiger partial charge in [0.25, 0.3) is 0 Å². The van der Waals surface area contributed by atoms with Crippen molar-refractivity contribution in [3.05, 3.63) is 34.1 Å². The van der Waals surface area contributed by atoms with Crippen molar-refractivity contribution in [3.8, 4) is 18.2 Å². The van der Waals surface area contributed by atoms with Crippen LogP contribution in [0.5, 0.6) is 0 Å². The van der Waals surface area contributed by atoms with Crippen LogP contribution in [0.2, 0.25) is 0 Å². The summed E-state index contributed by atoms with van der Waals surface area (Å²) in [6, 6.07) is 10.2. The Morgan fingerprint density at radius 1 is 1.28 bits per heavy atom. The summed E-state index contributed by atoms with van der Waals surface area (Å²) in [4.78, 5) is 0. The van der Waals surface area contributed by atoms with E-state index >= 15 is 0 Å². The van der Waals surface area contributed by atoms with Crippen molar-refractivity contribution in [2.45, 2.75) is 44.5 Å². The van der Waals surface area contributed by atoms with E-state index < -0.39 is 40.4 Å². The molecule has 0 spiro atoms. The number of benzene rings is 1. The Morgan fingerprint density at radius 3 is 2.62 bits per heavy atom. The van der Waals surface area contributed by atoms with Gasteiger partial charge in [-0.25, -0.2) is 4.39 Å². The van der Waals surface area contributed by atoms with Gasteiger partial charge in [0.2, 0.25) is 17.1 Å². The van der Waals surface area contributed by atoms with Crippen molar-refractivity contribution in [1.82, 2.24) is 0 Å². The number of ether oxygens (including phenoxy) is 2. The normalized spacial score (nSPS) is 36.8. The van der Waals surface area contributed by atoms with Gasteiger partial charge in [-0.05, 0) is 37.0 Å². The predicted molar refractivity (Wildman–Crippen MR) is 102 cm³/mol. The molecule has 1 N–H and O–H groups in total. The summed E-state index contributed by atoms with van der Waals surface area (Å²) in [5.74, 6) is -2.76. The Labute approximate surface area is 176 Å². The van der Waals surface area contributed by atoms with Crippen molar-refractivity contribution in [2.75, 3.05) is 0 Å². The molecule has 5 unspecified atom stereocenters. The van der Waals surface area contributed by atoms with E-state index in [9.17, 15) is 20.2 Å². The zero-order valence-corrected chi connectivity index (χ0v) is 17.3. The van der Waals surface area contributed by atoms with E-state index in [4.69, 9.17) is 14.9 Å². The third-order valence-electron chi connectivity index (χ3n) is 6.84. The number of hydrogen-bond donors (Lipinski definition) is 1. The van der Waals surface area contributed by atoms with Gasteiger partial charge in [0, 0.05) is 16.5 Å². The van der Waals surface area contributed by atoms with Crippen molar-refractivity contribution in [1.29, 1.82) is 21.2 Å². The van der Waals surface area contributed by atoms with E-state index in [0.717, 1.165) is 12.8 Å². The molecule has 5 atom stereocenters. The standard InChI is InChI=1S/C21H18BrFN4O2/c1-2-12-5-6-21-16(7-12)20(11-26,18(27)29-21)19(9-24,10-25)17(28-21)14-8-13(22)3-4-15(14)23/h3-4,8,12,16-17,27H,2,5-7H2,1H3. The van der Waals surface area contributed by atoms with E-state index in [2.05, 4.69) is 22.0 Å². The lowest BCUT2D eigenvalue weighted by atomic mass is 9.50. The van der Waals surface area contributed by atoms with Gasteiger partial charge in [0.1, 0.15) is 11.9 Å². The third kappa shape index (κ3) is 2.29. The monoisotopic (exact) mass is 456 g/mol. The average molecular weight is 457 g/mol. The zero-order valence-electron chi connectivity index (χ0n) is 15.7. The van der Waals surface area contributed by atoms with Crippen molar-refractivity contribution >= 4 is 21.8 Å². The predicted octanol–water partition coefficient (Wildman–Crippen LogP) is 4.73. The average Bonchev–Trinajstić information content (AvgIpc) is 2.93. The highest BCUT2D eigenvalue weighted by Crippen LogP contribution is 2.70. The van der Waals surface area contributed by atoms with E-state index in [1.165, 1.54) is 18.2 Å². The van der Waals surface area contributed by atoms with Gasteiger partial charge < -0.3 is 9.47 Å². The lowest BCUT2D eigenvalue weighted by Crippen LogP contribution is -2.61. The molecule has 0 amide bonds. The maximum Gasteiger partial charge on any atom is 0.217 e. The first-order valence-corrected chi connectivity index (χ1v) is 10.3. The Kier molecular flexibility index (Phi) is 4.46. The molecule has 148 valence electrons. The molecule has 1 aromatic rings. The number of nitrogens with one attached hydrogen (secondary N) is 1. The molecular weight excluding hydrogens is 439 g/mol. The first-order valence-electron chi connectivity index (χ1n) is 9.48.